The van der Waals surface area contributed by atoms with E-state index in [0.717, 1.165) is 9.37 Å². The van der Waals surface area contributed by atoms with E-state index in [1.807, 2.05) is 30.3 Å². The Bertz CT molecular complexity index is 513. The molecule has 88 valence electrons. The molecule has 0 atom stereocenters. The van der Waals surface area contributed by atoms with Crippen LogP contribution < -0.4 is 4.74 Å². The van der Waals surface area contributed by atoms with Crippen molar-refractivity contribution >= 4 is 39.3 Å². The average molecular weight is 330 g/mol. The standard InChI is InChI=1S/C13H10BrClOS/c1-16-13-8-11(6-7-12(13)15)17-10-4-2-9(14)3-5-10/h2-8H,1H3. The van der Waals surface area contributed by atoms with Gasteiger partial charge in [-0.3, -0.25) is 0 Å². The second-order valence-electron chi connectivity index (χ2n) is 3.35. The minimum atomic E-state index is 0.632. The summed E-state index contributed by atoms with van der Waals surface area (Å²) in [7, 11) is 1.62. The summed E-state index contributed by atoms with van der Waals surface area (Å²) < 4.78 is 6.27. The molecule has 0 spiro atoms. The quantitative estimate of drug-likeness (QED) is 0.759. The van der Waals surface area contributed by atoms with Crippen molar-refractivity contribution < 1.29 is 4.74 Å². The van der Waals surface area contributed by atoms with E-state index in [1.54, 1.807) is 18.9 Å². The van der Waals surface area contributed by atoms with Crippen molar-refractivity contribution in [3.63, 3.8) is 0 Å². The molecule has 0 aliphatic heterocycles. The lowest BCUT2D eigenvalue weighted by molar-refractivity contribution is 0.414. The fourth-order valence-corrected chi connectivity index (χ4v) is 2.65. The highest BCUT2D eigenvalue weighted by Crippen LogP contribution is 2.34. The van der Waals surface area contributed by atoms with Gasteiger partial charge in [-0.15, -0.1) is 0 Å². The Hall–Kier alpha value is -0.640. The van der Waals surface area contributed by atoms with E-state index < -0.39 is 0 Å². The largest absolute Gasteiger partial charge is 0.495 e. The normalized spacial score (nSPS) is 10.3. The highest BCUT2D eigenvalue weighted by molar-refractivity contribution is 9.10. The molecule has 0 aromatic heterocycles. The van der Waals surface area contributed by atoms with E-state index >= 15 is 0 Å². The molecule has 0 N–H and O–H groups in total. The van der Waals surface area contributed by atoms with Crippen LogP contribution in [0.15, 0.2) is 56.7 Å². The van der Waals surface area contributed by atoms with Crippen molar-refractivity contribution in [2.24, 2.45) is 0 Å². The highest BCUT2D eigenvalue weighted by atomic mass is 79.9. The maximum atomic E-state index is 5.98. The average Bonchev–Trinajstić information content (AvgIpc) is 2.34. The molecule has 0 heterocycles. The molecule has 0 fully saturated rings. The van der Waals surface area contributed by atoms with E-state index in [4.69, 9.17) is 16.3 Å². The van der Waals surface area contributed by atoms with Crippen molar-refractivity contribution in [1.29, 1.82) is 0 Å². The van der Waals surface area contributed by atoms with E-state index in [-0.39, 0.29) is 0 Å². The molecule has 0 amide bonds. The molecule has 2 aromatic carbocycles. The first-order chi connectivity index (χ1) is 8.19. The summed E-state index contributed by atoms with van der Waals surface area (Å²) in [6.07, 6.45) is 0. The maximum Gasteiger partial charge on any atom is 0.138 e. The van der Waals surface area contributed by atoms with Gasteiger partial charge in [0.15, 0.2) is 0 Å². The van der Waals surface area contributed by atoms with Gasteiger partial charge in [0.05, 0.1) is 12.1 Å². The third kappa shape index (κ3) is 3.41. The van der Waals surface area contributed by atoms with E-state index in [9.17, 15) is 0 Å². The van der Waals surface area contributed by atoms with Gasteiger partial charge in [0, 0.05) is 14.3 Å². The van der Waals surface area contributed by atoms with Crippen LogP contribution in [0.25, 0.3) is 0 Å². The molecule has 17 heavy (non-hydrogen) atoms. The van der Waals surface area contributed by atoms with Crippen LogP contribution in [-0.4, -0.2) is 7.11 Å². The number of benzene rings is 2. The molecular weight excluding hydrogens is 320 g/mol. The van der Waals surface area contributed by atoms with Gasteiger partial charge in [-0.05, 0) is 42.5 Å². The first-order valence-corrected chi connectivity index (χ1v) is 6.95. The molecule has 0 saturated heterocycles. The summed E-state index contributed by atoms with van der Waals surface area (Å²) in [5, 5.41) is 0.632. The fourth-order valence-electron chi connectivity index (χ4n) is 1.34. The highest BCUT2D eigenvalue weighted by Gasteiger charge is 2.03. The molecule has 2 rings (SSSR count). The van der Waals surface area contributed by atoms with Crippen molar-refractivity contribution in [2.75, 3.05) is 7.11 Å². The van der Waals surface area contributed by atoms with E-state index in [2.05, 4.69) is 28.1 Å². The predicted molar refractivity (Wildman–Crippen MR) is 76.3 cm³/mol. The third-order valence-electron chi connectivity index (χ3n) is 2.17. The number of hydrogen-bond donors (Lipinski definition) is 0. The Balaban J connectivity index is 2.21. The number of rotatable bonds is 3. The zero-order valence-corrected chi connectivity index (χ0v) is 12.3. The van der Waals surface area contributed by atoms with Crippen molar-refractivity contribution in [1.82, 2.24) is 0 Å². The van der Waals surface area contributed by atoms with Gasteiger partial charge < -0.3 is 4.74 Å². The van der Waals surface area contributed by atoms with Gasteiger partial charge >= 0.3 is 0 Å². The van der Waals surface area contributed by atoms with Gasteiger partial charge in [0.1, 0.15) is 5.75 Å². The second kappa shape index (κ2) is 5.80. The molecule has 1 nitrogen and oxygen atoms in total. The molecule has 0 radical (unpaired) electrons. The first-order valence-electron chi connectivity index (χ1n) is 4.96. The minimum Gasteiger partial charge on any atom is -0.495 e. The Morgan fingerprint density at radius 3 is 2.35 bits per heavy atom. The third-order valence-corrected chi connectivity index (χ3v) is 4.01. The van der Waals surface area contributed by atoms with Crippen LogP contribution in [0, 0.1) is 0 Å². The molecule has 0 aliphatic carbocycles. The van der Waals surface area contributed by atoms with Gasteiger partial charge in [-0.1, -0.05) is 39.3 Å². The Kier molecular flexibility index (Phi) is 4.37. The first kappa shape index (κ1) is 12.8. The zero-order chi connectivity index (χ0) is 12.3. The van der Waals surface area contributed by atoms with Crippen LogP contribution in [0.1, 0.15) is 0 Å². The Morgan fingerprint density at radius 2 is 1.71 bits per heavy atom. The smallest absolute Gasteiger partial charge is 0.138 e. The SMILES string of the molecule is COc1cc(Sc2ccc(Br)cc2)ccc1Cl. The predicted octanol–water partition coefficient (Wildman–Crippen LogP) is 5.26. The van der Waals surface area contributed by atoms with Crippen LogP contribution in [0.3, 0.4) is 0 Å². The summed E-state index contributed by atoms with van der Waals surface area (Å²) in [5.41, 5.74) is 0. The lowest BCUT2D eigenvalue weighted by atomic mass is 10.3. The van der Waals surface area contributed by atoms with Crippen LogP contribution in [0.5, 0.6) is 5.75 Å². The van der Waals surface area contributed by atoms with Crippen LogP contribution in [-0.2, 0) is 0 Å². The van der Waals surface area contributed by atoms with E-state index in [0.29, 0.717) is 10.8 Å². The Labute approximate surface area is 118 Å². The van der Waals surface area contributed by atoms with Crippen molar-refractivity contribution in [3.8, 4) is 5.75 Å². The summed E-state index contributed by atoms with van der Waals surface area (Å²) in [6, 6.07) is 13.9. The van der Waals surface area contributed by atoms with Gasteiger partial charge in [-0.25, -0.2) is 0 Å². The topological polar surface area (TPSA) is 9.23 Å². The summed E-state index contributed by atoms with van der Waals surface area (Å²) >= 11 is 11.1. The summed E-state index contributed by atoms with van der Waals surface area (Å²) in [4.78, 5) is 2.28. The number of hydrogen-bond acceptors (Lipinski definition) is 2. The van der Waals surface area contributed by atoms with Crippen LogP contribution in [0.2, 0.25) is 5.02 Å². The maximum absolute atomic E-state index is 5.98. The number of methoxy groups -OCH3 is 1. The molecule has 0 bridgehead atoms. The van der Waals surface area contributed by atoms with Crippen LogP contribution in [0.4, 0.5) is 0 Å². The van der Waals surface area contributed by atoms with Gasteiger partial charge in [-0.2, -0.15) is 0 Å². The summed E-state index contributed by atoms with van der Waals surface area (Å²) in [6.45, 7) is 0. The molecule has 2 aromatic rings. The van der Waals surface area contributed by atoms with Crippen LogP contribution >= 0.6 is 39.3 Å². The lowest BCUT2D eigenvalue weighted by Crippen LogP contribution is -1.84. The molecule has 4 heteroatoms. The van der Waals surface area contributed by atoms with Crippen molar-refractivity contribution in [2.45, 2.75) is 9.79 Å². The lowest BCUT2D eigenvalue weighted by Gasteiger charge is -2.06. The molecule has 0 saturated carbocycles. The van der Waals surface area contributed by atoms with E-state index in [1.165, 1.54) is 4.90 Å². The molecule has 0 aliphatic rings. The monoisotopic (exact) mass is 328 g/mol. The Morgan fingerprint density at radius 1 is 1.06 bits per heavy atom. The van der Waals surface area contributed by atoms with Gasteiger partial charge in [0.25, 0.3) is 0 Å². The van der Waals surface area contributed by atoms with Gasteiger partial charge in [0.2, 0.25) is 0 Å². The second-order valence-corrected chi connectivity index (χ2v) is 5.82. The number of halogens is 2. The fraction of sp³-hybridized carbons (Fsp3) is 0.0769. The minimum absolute atomic E-state index is 0.632. The molecular formula is C13H10BrClOS. The molecule has 0 unspecified atom stereocenters. The zero-order valence-electron chi connectivity index (χ0n) is 9.11. The van der Waals surface area contributed by atoms with Crippen molar-refractivity contribution in [3.05, 3.63) is 52.0 Å². The number of ether oxygens (including phenoxy) is 1. The summed E-state index contributed by atoms with van der Waals surface area (Å²) in [5.74, 6) is 0.703.